The van der Waals surface area contributed by atoms with Crippen LogP contribution >= 0.6 is 0 Å². The zero-order chi connectivity index (χ0) is 13.6. The number of benzene rings is 1. The average molecular weight is 248 g/mol. The minimum absolute atomic E-state index is 0.472. The van der Waals surface area contributed by atoms with Crippen LogP contribution in [0.4, 0.5) is 0 Å². The molecule has 0 aliphatic rings. The van der Waals surface area contributed by atoms with E-state index in [0.717, 1.165) is 5.75 Å². The van der Waals surface area contributed by atoms with E-state index < -0.39 is 0 Å². The standard InChI is InChI=1S/C17H28O/c1-6-14(12-13-17(3,4)7-2)15-8-10-16(18-5)11-9-15/h8-11,14H,6-7,12-13H2,1-5H3. The van der Waals surface area contributed by atoms with Crippen LogP contribution in [0.5, 0.6) is 5.75 Å². The third-order valence-corrected chi connectivity index (χ3v) is 4.21. The molecule has 0 aliphatic carbocycles. The lowest BCUT2D eigenvalue weighted by Crippen LogP contribution is -2.11. The van der Waals surface area contributed by atoms with E-state index in [9.17, 15) is 0 Å². The van der Waals surface area contributed by atoms with E-state index in [1.807, 2.05) is 0 Å². The minimum Gasteiger partial charge on any atom is -0.497 e. The van der Waals surface area contributed by atoms with Crippen molar-refractivity contribution in [1.82, 2.24) is 0 Å². The molecule has 0 saturated carbocycles. The molecule has 1 unspecified atom stereocenters. The molecule has 1 aromatic rings. The Balaban J connectivity index is 2.65. The molecule has 18 heavy (non-hydrogen) atoms. The van der Waals surface area contributed by atoms with Gasteiger partial charge in [0.1, 0.15) is 5.75 Å². The van der Waals surface area contributed by atoms with Crippen LogP contribution in [-0.4, -0.2) is 7.11 Å². The van der Waals surface area contributed by atoms with Gasteiger partial charge in [0.05, 0.1) is 7.11 Å². The summed E-state index contributed by atoms with van der Waals surface area (Å²) in [5.41, 5.74) is 1.92. The van der Waals surface area contributed by atoms with Gasteiger partial charge in [-0.2, -0.15) is 0 Å². The first kappa shape index (κ1) is 15.1. The van der Waals surface area contributed by atoms with Crippen LogP contribution in [0.25, 0.3) is 0 Å². The summed E-state index contributed by atoms with van der Waals surface area (Å²) in [5, 5.41) is 0. The second-order valence-electron chi connectivity index (χ2n) is 5.93. The lowest BCUT2D eigenvalue weighted by Gasteiger charge is -2.25. The largest absolute Gasteiger partial charge is 0.497 e. The van der Waals surface area contributed by atoms with E-state index in [4.69, 9.17) is 4.74 Å². The molecule has 1 nitrogen and oxygen atoms in total. The van der Waals surface area contributed by atoms with Gasteiger partial charge in [0.2, 0.25) is 0 Å². The Bertz CT molecular complexity index is 337. The normalized spacial score (nSPS) is 13.4. The molecule has 1 heteroatoms. The molecule has 1 aromatic carbocycles. The van der Waals surface area contributed by atoms with E-state index in [1.54, 1.807) is 7.11 Å². The maximum atomic E-state index is 5.21. The van der Waals surface area contributed by atoms with Gasteiger partial charge >= 0.3 is 0 Å². The highest BCUT2D eigenvalue weighted by atomic mass is 16.5. The van der Waals surface area contributed by atoms with Crippen LogP contribution in [0.1, 0.15) is 64.9 Å². The number of rotatable bonds is 7. The first-order valence-electron chi connectivity index (χ1n) is 7.16. The molecule has 0 aromatic heterocycles. The van der Waals surface area contributed by atoms with Gasteiger partial charge in [-0.05, 0) is 48.3 Å². The summed E-state index contributed by atoms with van der Waals surface area (Å²) >= 11 is 0. The molecule has 0 aliphatic heterocycles. The van der Waals surface area contributed by atoms with Crippen LogP contribution in [0.2, 0.25) is 0 Å². The highest BCUT2D eigenvalue weighted by molar-refractivity contribution is 5.29. The van der Waals surface area contributed by atoms with Gasteiger partial charge < -0.3 is 4.74 Å². The fourth-order valence-corrected chi connectivity index (χ4v) is 2.22. The smallest absolute Gasteiger partial charge is 0.118 e. The average Bonchev–Trinajstić information content (AvgIpc) is 2.40. The zero-order valence-electron chi connectivity index (χ0n) is 12.6. The summed E-state index contributed by atoms with van der Waals surface area (Å²) in [7, 11) is 1.72. The molecule has 0 amide bonds. The van der Waals surface area contributed by atoms with Crippen molar-refractivity contribution in [3.05, 3.63) is 29.8 Å². The summed E-state index contributed by atoms with van der Waals surface area (Å²) in [6.45, 7) is 9.31. The van der Waals surface area contributed by atoms with E-state index >= 15 is 0 Å². The van der Waals surface area contributed by atoms with Gasteiger partial charge in [0.15, 0.2) is 0 Å². The third kappa shape index (κ3) is 4.36. The highest BCUT2D eigenvalue weighted by Gasteiger charge is 2.18. The predicted molar refractivity (Wildman–Crippen MR) is 79.3 cm³/mol. The van der Waals surface area contributed by atoms with Crippen LogP contribution in [0, 0.1) is 5.41 Å². The van der Waals surface area contributed by atoms with Gasteiger partial charge in [-0.15, -0.1) is 0 Å². The molecule has 0 fully saturated rings. The van der Waals surface area contributed by atoms with Crippen molar-refractivity contribution < 1.29 is 4.74 Å². The van der Waals surface area contributed by atoms with Crippen LogP contribution in [0.3, 0.4) is 0 Å². The van der Waals surface area contributed by atoms with Crippen molar-refractivity contribution in [2.24, 2.45) is 5.41 Å². The zero-order valence-corrected chi connectivity index (χ0v) is 12.6. The summed E-state index contributed by atoms with van der Waals surface area (Å²) in [6.07, 6.45) is 5.05. The second kappa shape index (κ2) is 6.82. The van der Waals surface area contributed by atoms with E-state index in [1.165, 1.54) is 31.2 Å². The molecule has 1 rings (SSSR count). The molecular formula is C17H28O. The van der Waals surface area contributed by atoms with Crippen molar-refractivity contribution in [2.75, 3.05) is 7.11 Å². The molecular weight excluding hydrogens is 220 g/mol. The van der Waals surface area contributed by atoms with Crippen LogP contribution in [0.15, 0.2) is 24.3 Å². The first-order valence-corrected chi connectivity index (χ1v) is 7.16. The first-order chi connectivity index (χ1) is 8.52. The van der Waals surface area contributed by atoms with Crippen LogP contribution < -0.4 is 4.74 Å². The second-order valence-corrected chi connectivity index (χ2v) is 5.93. The Morgan fingerprint density at radius 3 is 2.17 bits per heavy atom. The van der Waals surface area contributed by atoms with Gasteiger partial charge in [-0.3, -0.25) is 0 Å². The Hall–Kier alpha value is -0.980. The van der Waals surface area contributed by atoms with E-state index in [0.29, 0.717) is 11.3 Å². The molecule has 0 heterocycles. The Labute approximate surface area is 113 Å². The number of hydrogen-bond donors (Lipinski definition) is 0. The molecule has 0 bridgehead atoms. The third-order valence-electron chi connectivity index (χ3n) is 4.21. The number of hydrogen-bond acceptors (Lipinski definition) is 1. The predicted octanol–water partition coefficient (Wildman–Crippen LogP) is 5.41. The lowest BCUT2D eigenvalue weighted by atomic mass is 9.80. The Kier molecular flexibility index (Phi) is 5.71. The topological polar surface area (TPSA) is 9.23 Å². The van der Waals surface area contributed by atoms with Crippen molar-refractivity contribution in [1.29, 1.82) is 0 Å². The van der Waals surface area contributed by atoms with Gasteiger partial charge in [0, 0.05) is 0 Å². The van der Waals surface area contributed by atoms with Crippen molar-refractivity contribution in [2.45, 2.75) is 59.3 Å². The van der Waals surface area contributed by atoms with Crippen molar-refractivity contribution in [3.63, 3.8) is 0 Å². The quantitative estimate of drug-likeness (QED) is 0.627. The molecule has 0 N–H and O–H groups in total. The monoisotopic (exact) mass is 248 g/mol. The van der Waals surface area contributed by atoms with E-state index in [2.05, 4.69) is 52.0 Å². The Morgan fingerprint density at radius 1 is 1.11 bits per heavy atom. The maximum Gasteiger partial charge on any atom is 0.118 e. The lowest BCUT2D eigenvalue weighted by molar-refractivity contribution is 0.299. The minimum atomic E-state index is 0.472. The van der Waals surface area contributed by atoms with Crippen LogP contribution in [-0.2, 0) is 0 Å². The highest BCUT2D eigenvalue weighted by Crippen LogP contribution is 2.33. The molecule has 0 saturated heterocycles. The molecule has 0 spiro atoms. The SMILES string of the molecule is CCC(CCC(C)(C)CC)c1ccc(OC)cc1. The summed E-state index contributed by atoms with van der Waals surface area (Å²) < 4.78 is 5.21. The molecule has 1 atom stereocenters. The van der Waals surface area contributed by atoms with Gasteiger partial charge in [-0.1, -0.05) is 46.2 Å². The number of methoxy groups -OCH3 is 1. The van der Waals surface area contributed by atoms with Gasteiger partial charge in [-0.25, -0.2) is 0 Å². The number of ether oxygens (including phenoxy) is 1. The fraction of sp³-hybridized carbons (Fsp3) is 0.647. The fourth-order valence-electron chi connectivity index (χ4n) is 2.22. The van der Waals surface area contributed by atoms with Crippen molar-refractivity contribution >= 4 is 0 Å². The van der Waals surface area contributed by atoms with Crippen molar-refractivity contribution in [3.8, 4) is 5.75 Å². The maximum absolute atomic E-state index is 5.21. The summed E-state index contributed by atoms with van der Waals surface area (Å²) in [5.74, 6) is 1.63. The molecule has 102 valence electrons. The summed E-state index contributed by atoms with van der Waals surface area (Å²) in [4.78, 5) is 0. The van der Waals surface area contributed by atoms with E-state index in [-0.39, 0.29) is 0 Å². The Morgan fingerprint density at radius 2 is 1.72 bits per heavy atom. The van der Waals surface area contributed by atoms with Gasteiger partial charge in [0.25, 0.3) is 0 Å². The molecule has 0 radical (unpaired) electrons. The summed E-state index contributed by atoms with van der Waals surface area (Å²) in [6, 6.07) is 8.57.